The average molecular weight is 369 g/mol. The molecule has 0 aliphatic heterocycles. The van der Waals surface area contributed by atoms with Crippen LogP contribution in [0.1, 0.15) is 55.4 Å². The van der Waals surface area contributed by atoms with Gasteiger partial charge in [0, 0.05) is 0 Å². The maximum atomic E-state index is 11.5. The molecule has 0 aromatic carbocycles. The number of alkyl halides is 1. The quantitative estimate of drug-likeness (QED) is 0.329. The first kappa shape index (κ1) is 23.0. The second-order valence-corrected chi connectivity index (χ2v) is 11.0. The van der Waals surface area contributed by atoms with Crippen LogP contribution in [0.3, 0.4) is 0 Å². The van der Waals surface area contributed by atoms with Crippen molar-refractivity contribution in [3.05, 3.63) is 0 Å². The van der Waals surface area contributed by atoms with Crippen molar-refractivity contribution in [3.8, 4) is 6.07 Å². The number of halogens is 1. The van der Waals surface area contributed by atoms with Gasteiger partial charge in [-0.15, -0.1) is 0 Å². The van der Waals surface area contributed by atoms with Gasteiger partial charge in [0.15, 0.2) is 0 Å². The molecular weight excluding hydrogens is 335 g/mol. The third-order valence-corrected chi connectivity index (χ3v) is 7.65. The predicted octanol–water partition coefficient (Wildman–Crippen LogP) is 3.06. The maximum absolute atomic E-state index is 11.5. The Bertz CT molecular complexity index is 408. The van der Waals surface area contributed by atoms with Crippen LogP contribution in [0.25, 0.3) is 0 Å². The van der Waals surface area contributed by atoms with Crippen LogP contribution in [0.15, 0.2) is 0 Å². The Balaban J connectivity index is 6.03. The van der Waals surface area contributed by atoms with Gasteiger partial charge in [-0.25, -0.2) is 0 Å². The molecule has 3 N–H and O–H groups in total. The number of hydrogen-bond donors (Lipinski definition) is 3. The van der Waals surface area contributed by atoms with E-state index in [1.165, 1.54) is 0 Å². The number of hydrazine groups is 1. The first-order valence-electron chi connectivity index (χ1n) is 8.15. The Morgan fingerprint density at radius 2 is 1.35 bits per heavy atom. The van der Waals surface area contributed by atoms with E-state index in [1.54, 1.807) is 4.67 Å². The SMILES string of the molecule is CC(C)N(NP(O)(O)(CC(Cl)C#N)N(C(C)C)C(C)C)C(C)C. The summed E-state index contributed by atoms with van der Waals surface area (Å²) < 4.78 is 1.66. The summed E-state index contributed by atoms with van der Waals surface area (Å²) in [6.07, 6.45) is -0.226. The molecule has 0 saturated heterocycles. The van der Waals surface area contributed by atoms with E-state index in [0.29, 0.717) is 0 Å². The minimum atomic E-state index is -4.62. The Kier molecular flexibility index (Phi) is 8.40. The third kappa shape index (κ3) is 6.10. The topological polar surface area (TPSA) is 82.8 Å². The Hall–Kier alpha value is 0.0100. The fraction of sp³-hybridized carbons (Fsp3) is 0.933. The molecule has 0 saturated carbocycles. The standard InChI is InChI=1S/C15H34ClN4O2P/c1-11(2)19(12(3)4)18-23(21,22,10-15(16)9-17)20(13(5)6)14(7)8/h11-15,18,21-22H,10H2,1-8H3. The van der Waals surface area contributed by atoms with Gasteiger partial charge in [-0.2, -0.15) is 0 Å². The second kappa shape index (κ2) is 8.40. The molecule has 0 aromatic rings. The normalized spacial score (nSPS) is 16.4. The van der Waals surface area contributed by atoms with Gasteiger partial charge < -0.3 is 0 Å². The molecule has 0 aliphatic rings. The van der Waals surface area contributed by atoms with E-state index in [-0.39, 0.29) is 30.3 Å². The molecule has 0 rings (SSSR count). The van der Waals surface area contributed by atoms with Crippen molar-refractivity contribution in [3.63, 3.8) is 0 Å². The van der Waals surface area contributed by atoms with E-state index in [1.807, 2.05) is 66.5 Å². The van der Waals surface area contributed by atoms with Crippen LogP contribution < -0.4 is 5.20 Å². The third-order valence-electron chi connectivity index (χ3n) is 3.61. The average Bonchev–Trinajstić information content (AvgIpc) is 2.33. The number of nitriles is 1. The van der Waals surface area contributed by atoms with E-state index in [9.17, 15) is 9.79 Å². The van der Waals surface area contributed by atoms with Crippen LogP contribution in [0, 0.1) is 11.3 Å². The van der Waals surface area contributed by atoms with Gasteiger partial charge in [-0.05, 0) is 0 Å². The summed E-state index contributed by atoms with van der Waals surface area (Å²) in [6.45, 7) is 15.5. The molecular formula is C15H34ClN4O2P. The fourth-order valence-corrected chi connectivity index (χ4v) is 7.84. The zero-order valence-corrected chi connectivity index (χ0v) is 17.3. The van der Waals surface area contributed by atoms with Crippen molar-refractivity contribution in [2.75, 3.05) is 6.16 Å². The zero-order valence-electron chi connectivity index (χ0n) is 15.7. The van der Waals surface area contributed by atoms with Crippen LogP contribution >= 0.6 is 19.0 Å². The van der Waals surface area contributed by atoms with E-state index in [2.05, 4.69) is 5.20 Å². The molecule has 8 heteroatoms. The van der Waals surface area contributed by atoms with Gasteiger partial charge in [0.1, 0.15) is 0 Å². The van der Waals surface area contributed by atoms with Gasteiger partial charge in [0.2, 0.25) is 0 Å². The molecule has 0 amide bonds. The van der Waals surface area contributed by atoms with Crippen molar-refractivity contribution in [2.45, 2.75) is 84.9 Å². The van der Waals surface area contributed by atoms with Gasteiger partial charge >= 0.3 is 146 Å². The van der Waals surface area contributed by atoms with Gasteiger partial charge in [-0.1, -0.05) is 0 Å². The van der Waals surface area contributed by atoms with Crippen molar-refractivity contribution < 1.29 is 9.79 Å². The Morgan fingerprint density at radius 3 is 1.61 bits per heavy atom. The van der Waals surface area contributed by atoms with Crippen molar-refractivity contribution in [2.24, 2.45) is 0 Å². The fourth-order valence-electron chi connectivity index (χ4n) is 3.15. The summed E-state index contributed by atoms with van der Waals surface area (Å²) >= 11 is 6.00. The van der Waals surface area contributed by atoms with E-state index < -0.39 is 12.7 Å². The summed E-state index contributed by atoms with van der Waals surface area (Å²) in [5.41, 5.74) is 0. The van der Waals surface area contributed by atoms with Crippen molar-refractivity contribution in [1.29, 1.82) is 5.26 Å². The molecule has 0 bridgehead atoms. The van der Waals surface area contributed by atoms with Gasteiger partial charge in [0.25, 0.3) is 0 Å². The van der Waals surface area contributed by atoms with E-state index in [4.69, 9.17) is 16.9 Å². The van der Waals surface area contributed by atoms with E-state index in [0.717, 1.165) is 0 Å². The molecule has 0 radical (unpaired) electrons. The van der Waals surface area contributed by atoms with Crippen molar-refractivity contribution in [1.82, 2.24) is 14.9 Å². The molecule has 1 atom stereocenters. The summed E-state index contributed by atoms with van der Waals surface area (Å²) in [6, 6.07) is 1.75. The van der Waals surface area contributed by atoms with Crippen LogP contribution in [0.2, 0.25) is 0 Å². The second-order valence-electron chi connectivity index (χ2n) is 7.19. The molecule has 0 aromatic heterocycles. The molecule has 0 spiro atoms. The molecule has 138 valence electrons. The molecule has 6 nitrogen and oxygen atoms in total. The first-order chi connectivity index (χ1) is 10.2. The molecule has 0 fully saturated rings. The van der Waals surface area contributed by atoms with Crippen molar-refractivity contribution >= 4 is 19.0 Å². The number of rotatable bonds is 9. The monoisotopic (exact) mass is 368 g/mol. The van der Waals surface area contributed by atoms with Crippen LogP contribution in [-0.4, -0.2) is 55.2 Å². The Morgan fingerprint density at radius 1 is 0.957 bits per heavy atom. The molecule has 0 aliphatic carbocycles. The van der Waals surface area contributed by atoms with E-state index >= 15 is 0 Å². The number of nitrogens with one attached hydrogen (secondary N) is 1. The summed E-state index contributed by atoms with van der Waals surface area (Å²) in [4.78, 5) is 22.9. The zero-order chi connectivity index (χ0) is 18.6. The number of nitrogens with zero attached hydrogens (tertiary/aromatic N) is 3. The summed E-state index contributed by atoms with van der Waals surface area (Å²) in [5, 5.41) is 12.9. The molecule has 0 heterocycles. The summed E-state index contributed by atoms with van der Waals surface area (Å²) in [5.74, 6) is 0. The van der Waals surface area contributed by atoms with Crippen LogP contribution in [0.5, 0.6) is 0 Å². The van der Waals surface area contributed by atoms with Crippen LogP contribution in [0.4, 0.5) is 0 Å². The van der Waals surface area contributed by atoms with Gasteiger partial charge in [-0.3, -0.25) is 0 Å². The Labute approximate surface area is 146 Å². The molecule has 1 unspecified atom stereocenters. The number of hydrogen-bond acceptors (Lipinski definition) is 6. The predicted molar refractivity (Wildman–Crippen MR) is 98.8 cm³/mol. The first-order valence-corrected chi connectivity index (χ1v) is 10.9. The minimum absolute atomic E-state index is 0.0489. The van der Waals surface area contributed by atoms with Gasteiger partial charge in [0.05, 0.1) is 0 Å². The molecule has 23 heavy (non-hydrogen) atoms. The van der Waals surface area contributed by atoms with Crippen LogP contribution in [-0.2, 0) is 0 Å². The summed E-state index contributed by atoms with van der Waals surface area (Å²) in [7, 11) is -4.62.